The van der Waals surface area contributed by atoms with E-state index in [0.717, 1.165) is 12.8 Å². The Morgan fingerprint density at radius 2 is 1.96 bits per heavy atom. The molecular formula is C16H21N3O5S. The van der Waals surface area contributed by atoms with E-state index in [1.807, 2.05) is 0 Å². The van der Waals surface area contributed by atoms with Gasteiger partial charge >= 0.3 is 5.76 Å². The summed E-state index contributed by atoms with van der Waals surface area (Å²) in [6.45, 7) is 2.67. The zero-order chi connectivity index (χ0) is 18.0. The molecule has 9 heteroatoms. The van der Waals surface area contributed by atoms with Gasteiger partial charge in [0.2, 0.25) is 15.9 Å². The first-order valence-electron chi connectivity index (χ1n) is 8.26. The summed E-state index contributed by atoms with van der Waals surface area (Å²) >= 11 is 0. The monoisotopic (exact) mass is 367 g/mol. The smallest absolute Gasteiger partial charge is 0.408 e. The highest BCUT2D eigenvalue weighted by molar-refractivity contribution is 7.89. The maximum atomic E-state index is 12.3. The molecule has 1 saturated heterocycles. The van der Waals surface area contributed by atoms with Gasteiger partial charge in [0.1, 0.15) is 6.04 Å². The van der Waals surface area contributed by atoms with Gasteiger partial charge in [-0.2, -0.15) is 0 Å². The Labute approximate surface area is 145 Å². The summed E-state index contributed by atoms with van der Waals surface area (Å²) in [6.07, 6.45) is 1.75. The van der Waals surface area contributed by atoms with Gasteiger partial charge < -0.3 is 9.73 Å². The van der Waals surface area contributed by atoms with Crippen LogP contribution in [0.1, 0.15) is 25.8 Å². The third kappa shape index (κ3) is 3.62. The van der Waals surface area contributed by atoms with E-state index < -0.39 is 27.7 Å². The summed E-state index contributed by atoms with van der Waals surface area (Å²) in [7, 11) is -3.35. The van der Waals surface area contributed by atoms with Crippen LogP contribution in [0.25, 0.3) is 11.1 Å². The number of carbonyl (C=O) groups is 1. The van der Waals surface area contributed by atoms with Crippen LogP contribution in [0.5, 0.6) is 0 Å². The predicted octanol–water partition coefficient (Wildman–Crippen LogP) is 0.697. The van der Waals surface area contributed by atoms with Crippen LogP contribution >= 0.6 is 0 Å². The van der Waals surface area contributed by atoms with Crippen LogP contribution in [-0.2, 0) is 14.8 Å². The Bertz CT molecular complexity index is 925. The summed E-state index contributed by atoms with van der Waals surface area (Å²) < 4.78 is 32.1. The molecule has 8 nitrogen and oxygen atoms in total. The van der Waals surface area contributed by atoms with E-state index in [4.69, 9.17) is 4.42 Å². The second-order valence-corrected chi connectivity index (χ2v) is 8.18. The van der Waals surface area contributed by atoms with Crippen molar-refractivity contribution in [3.05, 3.63) is 34.8 Å². The fourth-order valence-corrected chi connectivity index (χ4v) is 4.45. The van der Waals surface area contributed by atoms with Crippen molar-refractivity contribution in [2.75, 3.05) is 25.4 Å². The molecule has 1 aromatic heterocycles. The first-order chi connectivity index (χ1) is 11.9. The number of amides is 1. The first kappa shape index (κ1) is 17.7. The summed E-state index contributed by atoms with van der Waals surface area (Å²) in [5, 5.41) is 2.60. The lowest BCUT2D eigenvalue weighted by Gasteiger charge is -2.17. The Morgan fingerprint density at radius 3 is 2.68 bits per heavy atom. The summed E-state index contributed by atoms with van der Waals surface area (Å²) in [4.78, 5) is 24.3. The van der Waals surface area contributed by atoms with Crippen molar-refractivity contribution in [1.29, 1.82) is 0 Å². The minimum absolute atomic E-state index is 0.00649. The van der Waals surface area contributed by atoms with Gasteiger partial charge in [0, 0.05) is 19.6 Å². The second kappa shape index (κ2) is 7.01. The van der Waals surface area contributed by atoms with E-state index in [-0.39, 0.29) is 12.3 Å². The molecule has 3 rings (SSSR count). The SMILES string of the molecule is CC(C(=O)NCCS(=O)(=O)N1CCCC1)n1c(=O)oc2ccccc21. The molecule has 1 atom stereocenters. The Morgan fingerprint density at radius 1 is 1.28 bits per heavy atom. The molecule has 0 radical (unpaired) electrons. The summed E-state index contributed by atoms with van der Waals surface area (Å²) in [5.74, 6) is -1.19. The third-order valence-electron chi connectivity index (χ3n) is 4.40. The number of rotatable bonds is 6. The molecule has 2 aromatic rings. The maximum absolute atomic E-state index is 12.3. The lowest BCUT2D eigenvalue weighted by molar-refractivity contribution is -0.123. The van der Waals surface area contributed by atoms with Gasteiger partial charge in [0.15, 0.2) is 5.58 Å². The van der Waals surface area contributed by atoms with Crippen molar-refractivity contribution >= 4 is 27.0 Å². The molecule has 25 heavy (non-hydrogen) atoms. The number of hydrogen-bond donors (Lipinski definition) is 1. The van der Waals surface area contributed by atoms with Gasteiger partial charge in [-0.05, 0) is 31.9 Å². The molecular weight excluding hydrogens is 346 g/mol. The van der Waals surface area contributed by atoms with E-state index >= 15 is 0 Å². The highest BCUT2D eigenvalue weighted by atomic mass is 32.2. The number of benzene rings is 1. The number of carbonyl (C=O) groups excluding carboxylic acids is 1. The molecule has 136 valence electrons. The topological polar surface area (TPSA) is 102 Å². The van der Waals surface area contributed by atoms with Gasteiger partial charge in [0.25, 0.3) is 0 Å². The minimum atomic E-state index is -3.35. The lowest BCUT2D eigenvalue weighted by atomic mass is 10.2. The van der Waals surface area contributed by atoms with Crippen molar-refractivity contribution in [2.24, 2.45) is 0 Å². The van der Waals surface area contributed by atoms with Crippen molar-refractivity contribution in [2.45, 2.75) is 25.8 Å². The zero-order valence-electron chi connectivity index (χ0n) is 14.0. The van der Waals surface area contributed by atoms with Crippen molar-refractivity contribution in [1.82, 2.24) is 14.2 Å². The molecule has 0 aliphatic carbocycles. The fraction of sp³-hybridized carbons (Fsp3) is 0.500. The van der Waals surface area contributed by atoms with Gasteiger partial charge in [-0.15, -0.1) is 0 Å². The van der Waals surface area contributed by atoms with E-state index in [1.54, 1.807) is 31.2 Å². The van der Waals surface area contributed by atoms with Crippen LogP contribution in [0.4, 0.5) is 0 Å². The van der Waals surface area contributed by atoms with Crippen LogP contribution < -0.4 is 11.1 Å². The number of oxazole rings is 1. The molecule has 0 bridgehead atoms. The highest BCUT2D eigenvalue weighted by Crippen LogP contribution is 2.17. The number of nitrogens with zero attached hydrogens (tertiary/aromatic N) is 2. The molecule has 1 aliphatic rings. The average molecular weight is 367 g/mol. The number of sulfonamides is 1. The van der Waals surface area contributed by atoms with E-state index in [9.17, 15) is 18.0 Å². The molecule has 1 aliphatic heterocycles. The molecule has 1 aromatic carbocycles. The molecule has 2 heterocycles. The summed E-state index contributed by atoms with van der Waals surface area (Å²) in [6, 6.07) is 6.04. The quantitative estimate of drug-likeness (QED) is 0.810. The van der Waals surface area contributed by atoms with Gasteiger partial charge in [-0.3, -0.25) is 9.36 Å². The number of nitrogens with one attached hydrogen (secondary N) is 1. The molecule has 0 spiro atoms. The first-order valence-corrected chi connectivity index (χ1v) is 9.87. The van der Waals surface area contributed by atoms with Crippen molar-refractivity contribution in [3.8, 4) is 0 Å². The fourth-order valence-electron chi connectivity index (χ4n) is 3.01. The Hall–Kier alpha value is -2.13. The van der Waals surface area contributed by atoms with Crippen molar-refractivity contribution < 1.29 is 17.6 Å². The van der Waals surface area contributed by atoms with E-state index in [2.05, 4.69) is 5.32 Å². The second-order valence-electron chi connectivity index (χ2n) is 6.09. The predicted molar refractivity (Wildman–Crippen MR) is 92.8 cm³/mol. The largest absolute Gasteiger partial charge is 0.420 e. The van der Waals surface area contributed by atoms with E-state index in [1.165, 1.54) is 8.87 Å². The number of hydrogen-bond acceptors (Lipinski definition) is 5. The molecule has 1 fully saturated rings. The Balaban J connectivity index is 1.65. The average Bonchev–Trinajstić information content (AvgIpc) is 3.21. The molecule has 0 saturated carbocycles. The lowest BCUT2D eigenvalue weighted by Crippen LogP contribution is -2.39. The van der Waals surface area contributed by atoms with Crippen LogP contribution in [-0.4, -0.2) is 48.6 Å². The van der Waals surface area contributed by atoms with Crippen LogP contribution in [0.15, 0.2) is 33.5 Å². The maximum Gasteiger partial charge on any atom is 0.420 e. The molecule has 1 N–H and O–H groups in total. The molecule has 1 unspecified atom stereocenters. The van der Waals surface area contributed by atoms with Gasteiger partial charge in [-0.25, -0.2) is 17.5 Å². The standard InChI is InChI=1S/C16H21N3O5S/c1-12(19-13-6-2-3-7-14(13)24-16(19)21)15(20)17-8-11-25(22,23)18-9-4-5-10-18/h2-3,6-7,12H,4-5,8-11H2,1H3,(H,17,20). The normalized spacial score (nSPS) is 17.0. The summed E-state index contributed by atoms with van der Waals surface area (Å²) in [5.41, 5.74) is 0.934. The van der Waals surface area contributed by atoms with E-state index in [0.29, 0.717) is 24.2 Å². The number of fused-ring (bicyclic) bond motifs is 1. The zero-order valence-corrected chi connectivity index (χ0v) is 14.8. The number of para-hydroxylation sites is 2. The molecule has 1 amide bonds. The van der Waals surface area contributed by atoms with Gasteiger partial charge in [-0.1, -0.05) is 12.1 Å². The van der Waals surface area contributed by atoms with Gasteiger partial charge in [0.05, 0.1) is 11.3 Å². The van der Waals surface area contributed by atoms with Crippen molar-refractivity contribution in [3.63, 3.8) is 0 Å². The minimum Gasteiger partial charge on any atom is -0.408 e. The number of aromatic nitrogens is 1. The van der Waals surface area contributed by atoms with Crippen LogP contribution in [0, 0.1) is 0 Å². The van der Waals surface area contributed by atoms with Crippen LogP contribution in [0.2, 0.25) is 0 Å². The highest BCUT2D eigenvalue weighted by Gasteiger charge is 2.26. The Kier molecular flexibility index (Phi) is 4.96. The third-order valence-corrected chi connectivity index (χ3v) is 6.28. The van der Waals surface area contributed by atoms with Crippen LogP contribution in [0.3, 0.4) is 0 Å².